The van der Waals surface area contributed by atoms with Crippen molar-refractivity contribution in [2.45, 2.75) is 24.2 Å². The van der Waals surface area contributed by atoms with Crippen molar-refractivity contribution in [2.75, 3.05) is 19.6 Å². The largest absolute Gasteiger partial charge is 0.316 e. The lowest BCUT2D eigenvalue weighted by Crippen LogP contribution is -2.33. The highest BCUT2D eigenvalue weighted by Gasteiger charge is 2.19. The van der Waals surface area contributed by atoms with Gasteiger partial charge in [-0.05, 0) is 56.5 Å². The third-order valence-corrected chi connectivity index (χ3v) is 5.61. The summed E-state index contributed by atoms with van der Waals surface area (Å²) in [5, 5.41) is 3.88. The second kappa shape index (κ2) is 8.56. The Morgan fingerprint density at radius 1 is 1.33 bits per heavy atom. The molecule has 21 heavy (non-hydrogen) atoms. The molecule has 1 fully saturated rings. The van der Waals surface area contributed by atoms with Gasteiger partial charge in [0.1, 0.15) is 4.90 Å². The number of nitrogens with one attached hydrogen (secondary N) is 2. The van der Waals surface area contributed by atoms with Crippen LogP contribution in [-0.4, -0.2) is 28.1 Å². The zero-order valence-electron chi connectivity index (χ0n) is 11.4. The van der Waals surface area contributed by atoms with Crippen LogP contribution in [0, 0.1) is 5.92 Å². The third kappa shape index (κ3) is 5.58. The Hall–Kier alpha value is -0.0400. The average molecular weight is 374 g/mol. The lowest BCUT2D eigenvalue weighted by Gasteiger charge is -2.22. The van der Waals surface area contributed by atoms with Crippen LogP contribution in [0.5, 0.6) is 0 Å². The fourth-order valence-corrected chi connectivity index (χ4v) is 4.16. The number of halogens is 3. The number of rotatable bonds is 5. The van der Waals surface area contributed by atoms with Gasteiger partial charge < -0.3 is 5.32 Å². The van der Waals surface area contributed by atoms with Crippen LogP contribution < -0.4 is 10.0 Å². The first-order chi connectivity index (χ1) is 9.49. The molecule has 0 radical (unpaired) electrons. The molecule has 0 bridgehead atoms. The predicted molar refractivity (Wildman–Crippen MR) is 89.1 cm³/mol. The van der Waals surface area contributed by atoms with Crippen molar-refractivity contribution in [3.8, 4) is 0 Å². The van der Waals surface area contributed by atoms with Crippen LogP contribution in [0.1, 0.15) is 19.3 Å². The van der Waals surface area contributed by atoms with E-state index in [9.17, 15) is 8.42 Å². The molecule has 1 aliphatic heterocycles. The van der Waals surface area contributed by atoms with Gasteiger partial charge in [-0.3, -0.25) is 0 Å². The van der Waals surface area contributed by atoms with Crippen LogP contribution in [0.25, 0.3) is 0 Å². The van der Waals surface area contributed by atoms with Gasteiger partial charge in [-0.1, -0.05) is 23.2 Å². The Balaban J connectivity index is 0.00000220. The van der Waals surface area contributed by atoms with Gasteiger partial charge in [-0.2, -0.15) is 0 Å². The Morgan fingerprint density at radius 3 is 2.71 bits per heavy atom. The van der Waals surface area contributed by atoms with E-state index in [4.69, 9.17) is 23.2 Å². The van der Waals surface area contributed by atoms with E-state index in [-0.39, 0.29) is 22.3 Å². The third-order valence-electron chi connectivity index (χ3n) is 3.43. The molecule has 0 amide bonds. The van der Waals surface area contributed by atoms with Crippen molar-refractivity contribution in [3.05, 3.63) is 28.2 Å². The first-order valence-electron chi connectivity index (χ1n) is 6.64. The van der Waals surface area contributed by atoms with Crippen molar-refractivity contribution in [2.24, 2.45) is 5.92 Å². The van der Waals surface area contributed by atoms with Gasteiger partial charge in [0.15, 0.2) is 0 Å². The van der Waals surface area contributed by atoms with Crippen LogP contribution in [-0.2, 0) is 10.0 Å². The first-order valence-corrected chi connectivity index (χ1v) is 8.88. The van der Waals surface area contributed by atoms with Crippen molar-refractivity contribution < 1.29 is 8.42 Å². The van der Waals surface area contributed by atoms with Gasteiger partial charge in [0.25, 0.3) is 0 Å². The zero-order valence-corrected chi connectivity index (χ0v) is 14.6. The summed E-state index contributed by atoms with van der Waals surface area (Å²) in [6.07, 6.45) is 3.13. The maximum Gasteiger partial charge on any atom is 0.242 e. The lowest BCUT2D eigenvalue weighted by molar-refractivity contribution is 0.358. The van der Waals surface area contributed by atoms with Crippen molar-refractivity contribution in [1.82, 2.24) is 10.0 Å². The van der Waals surface area contributed by atoms with Crippen LogP contribution in [0.3, 0.4) is 0 Å². The highest BCUT2D eigenvalue weighted by Crippen LogP contribution is 2.24. The lowest BCUT2D eigenvalue weighted by atomic mass is 9.96. The molecule has 0 spiro atoms. The Kier molecular flexibility index (Phi) is 7.74. The van der Waals surface area contributed by atoms with Crippen molar-refractivity contribution in [1.29, 1.82) is 0 Å². The summed E-state index contributed by atoms with van der Waals surface area (Å²) < 4.78 is 26.9. The number of hydrogen-bond donors (Lipinski definition) is 2. The van der Waals surface area contributed by atoms with E-state index in [1.165, 1.54) is 18.2 Å². The smallest absolute Gasteiger partial charge is 0.242 e. The van der Waals surface area contributed by atoms with Crippen molar-refractivity contribution >= 4 is 45.6 Å². The molecule has 0 aliphatic carbocycles. The molecule has 1 atom stereocenters. The Labute approximate surface area is 142 Å². The first kappa shape index (κ1) is 19.0. The summed E-state index contributed by atoms with van der Waals surface area (Å²) in [5.41, 5.74) is 0. The molecule has 4 nitrogen and oxygen atoms in total. The van der Waals surface area contributed by atoms with Gasteiger partial charge in [0.05, 0.1) is 5.02 Å². The van der Waals surface area contributed by atoms with Crippen LogP contribution >= 0.6 is 35.6 Å². The van der Waals surface area contributed by atoms with E-state index in [2.05, 4.69) is 10.0 Å². The molecule has 1 aliphatic rings. The minimum Gasteiger partial charge on any atom is -0.316 e. The standard InChI is InChI=1S/C13H18Cl2N2O2S.ClH/c14-11-3-4-13(12(15)8-11)20(18,19)17-7-5-10-2-1-6-16-9-10;/h3-4,8,10,16-17H,1-2,5-7,9H2;1H. The summed E-state index contributed by atoms with van der Waals surface area (Å²) in [4.78, 5) is 0.0744. The van der Waals surface area contributed by atoms with Crippen molar-refractivity contribution in [3.63, 3.8) is 0 Å². The minimum absolute atomic E-state index is 0. The fourth-order valence-electron chi connectivity index (χ4n) is 2.34. The number of hydrogen-bond acceptors (Lipinski definition) is 3. The van der Waals surface area contributed by atoms with E-state index in [1.54, 1.807) is 0 Å². The van der Waals surface area contributed by atoms with E-state index in [0.717, 1.165) is 32.4 Å². The van der Waals surface area contributed by atoms with Gasteiger partial charge in [0, 0.05) is 11.6 Å². The van der Waals surface area contributed by atoms with Gasteiger partial charge >= 0.3 is 0 Å². The molecule has 0 saturated carbocycles. The topological polar surface area (TPSA) is 58.2 Å². The molecule has 1 aromatic rings. The fraction of sp³-hybridized carbons (Fsp3) is 0.538. The maximum atomic E-state index is 12.2. The average Bonchev–Trinajstić information content (AvgIpc) is 2.39. The molecule has 2 rings (SSSR count). The normalized spacial score (nSPS) is 19.0. The molecular formula is C13H19Cl3N2O2S. The second-order valence-corrected chi connectivity index (χ2v) is 7.55. The second-order valence-electron chi connectivity index (χ2n) is 4.97. The predicted octanol–water partition coefficient (Wildman–Crippen LogP) is 3.08. The number of sulfonamides is 1. The molecule has 0 aromatic heterocycles. The summed E-state index contributed by atoms with van der Waals surface area (Å²) in [6.45, 7) is 2.44. The molecule has 1 saturated heterocycles. The van der Waals surface area contributed by atoms with Gasteiger partial charge in [-0.15, -0.1) is 12.4 Å². The molecular weight excluding hydrogens is 355 g/mol. The highest BCUT2D eigenvalue weighted by atomic mass is 35.5. The van der Waals surface area contributed by atoms with Crippen LogP contribution in [0.2, 0.25) is 10.0 Å². The minimum atomic E-state index is -3.57. The van der Waals surface area contributed by atoms with E-state index >= 15 is 0 Å². The Morgan fingerprint density at radius 2 is 2.10 bits per heavy atom. The zero-order chi connectivity index (χ0) is 14.6. The Bertz CT molecular complexity index is 561. The molecule has 1 unspecified atom stereocenters. The molecule has 1 heterocycles. The number of piperidine rings is 1. The molecule has 8 heteroatoms. The van der Waals surface area contributed by atoms with E-state index in [1.807, 2.05) is 0 Å². The quantitative estimate of drug-likeness (QED) is 0.834. The van der Waals surface area contributed by atoms with E-state index < -0.39 is 10.0 Å². The summed E-state index contributed by atoms with van der Waals surface area (Å²) in [7, 11) is -3.57. The number of benzene rings is 1. The summed E-state index contributed by atoms with van der Waals surface area (Å²) >= 11 is 11.7. The summed E-state index contributed by atoms with van der Waals surface area (Å²) in [6, 6.07) is 4.38. The van der Waals surface area contributed by atoms with E-state index in [0.29, 0.717) is 17.5 Å². The molecule has 120 valence electrons. The van der Waals surface area contributed by atoms with Crippen LogP contribution in [0.15, 0.2) is 23.1 Å². The SMILES string of the molecule is Cl.O=S(=O)(NCCC1CCCNC1)c1ccc(Cl)cc1Cl. The van der Waals surface area contributed by atoms with Gasteiger partial charge in [-0.25, -0.2) is 13.1 Å². The highest BCUT2D eigenvalue weighted by molar-refractivity contribution is 7.89. The molecule has 2 N–H and O–H groups in total. The van der Waals surface area contributed by atoms with Crippen LogP contribution in [0.4, 0.5) is 0 Å². The van der Waals surface area contributed by atoms with Gasteiger partial charge in [0.2, 0.25) is 10.0 Å². The summed E-state index contributed by atoms with van der Waals surface area (Å²) in [5.74, 6) is 0.534. The maximum absolute atomic E-state index is 12.2. The molecule has 1 aromatic carbocycles. The monoisotopic (exact) mass is 372 g/mol.